The zero-order valence-corrected chi connectivity index (χ0v) is 11.4. The van der Waals surface area contributed by atoms with Gasteiger partial charge in [-0.1, -0.05) is 0 Å². The average Bonchev–Trinajstić information content (AvgIpc) is 2.34. The van der Waals surface area contributed by atoms with Crippen LogP contribution in [-0.4, -0.2) is 32.7 Å². The lowest BCUT2D eigenvalue weighted by Crippen LogP contribution is -2.30. The molecule has 0 saturated heterocycles. The molecule has 0 aliphatic heterocycles. The van der Waals surface area contributed by atoms with E-state index in [0.29, 0.717) is 13.0 Å². The van der Waals surface area contributed by atoms with E-state index in [9.17, 15) is 13.6 Å². The van der Waals surface area contributed by atoms with Gasteiger partial charge in [0.05, 0.1) is 6.54 Å². The van der Waals surface area contributed by atoms with Crippen LogP contribution in [0.1, 0.15) is 6.42 Å². The maximum absolute atomic E-state index is 13.1. The number of hydrogen-bond acceptors (Lipinski definition) is 3. The Morgan fingerprint density at radius 1 is 1.32 bits per heavy atom. The summed E-state index contributed by atoms with van der Waals surface area (Å²) in [7, 11) is 1.76. The molecule has 0 aromatic heterocycles. The SMILES string of the molecule is CNCCC(=O)NCCOc1ccc(F)cc1F.Cl. The molecule has 108 valence electrons. The van der Waals surface area contributed by atoms with Gasteiger partial charge in [0, 0.05) is 19.0 Å². The van der Waals surface area contributed by atoms with E-state index in [1.54, 1.807) is 7.05 Å². The second-order valence-electron chi connectivity index (χ2n) is 3.63. The molecule has 0 bridgehead atoms. The molecular weight excluding hydrogens is 278 g/mol. The van der Waals surface area contributed by atoms with Gasteiger partial charge >= 0.3 is 0 Å². The molecule has 2 N–H and O–H groups in total. The molecule has 1 rings (SSSR count). The Kier molecular flexibility index (Phi) is 8.82. The summed E-state index contributed by atoms with van der Waals surface area (Å²) in [6.07, 6.45) is 0.376. The van der Waals surface area contributed by atoms with Crippen molar-refractivity contribution in [1.82, 2.24) is 10.6 Å². The van der Waals surface area contributed by atoms with E-state index < -0.39 is 11.6 Å². The Morgan fingerprint density at radius 3 is 2.68 bits per heavy atom. The summed E-state index contributed by atoms with van der Waals surface area (Å²) < 4.78 is 30.8. The highest BCUT2D eigenvalue weighted by molar-refractivity contribution is 5.85. The van der Waals surface area contributed by atoms with Crippen LogP contribution in [0.15, 0.2) is 18.2 Å². The number of benzene rings is 1. The van der Waals surface area contributed by atoms with Crippen molar-refractivity contribution < 1.29 is 18.3 Å². The summed E-state index contributed by atoms with van der Waals surface area (Å²) >= 11 is 0. The van der Waals surface area contributed by atoms with Crippen LogP contribution in [0.3, 0.4) is 0 Å². The lowest BCUT2D eigenvalue weighted by Gasteiger charge is -2.08. The molecular formula is C12H17ClF2N2O2. The van der Waals surface area contributed by atoms with Crippen molar-refractivity contribution in [3.63, 3.8) is 0 Å². The molecule has 0 aliphatic rings. The molecule has 19 heavy (non-hydrogen) atoms. The molecule has 0 unspecified atom stereocenters. The molecule has 0 heterocycles. The highest BCUT2D eigenvalue weighted by Gasteiger charge is 2.05. The van der Waals surface area contributed by atoms with Gasteiger partial charge in [0.25, 0.3) is 0 Å². The standard InChI is InChI=1S/C12H16F2N2O2.ClH/c1-15-5-4-12(17)16-6-7-18-11-3-2-9(13)8-10(11)14;/h2-3,8,15H,4-7H2,1H3,(H,16,17);1H. The molecule has 1 amide bonds. The van der Waals surface area contributed by atoms with Gasteiger partial charge in [-0.15, -0.1) is 12.4 Å². The summed E-state index contributed by atoms with van der Waals surface area (Å²) in [5.41, 5.74) is 0. The molecule has 1 aromatic carbocycles. The van der Waals surface area contributed by atoms with Gasteiger partial charge in [-0.05, 0) is 19.2 Å². The second kappa shape index (κ2) is 9.52. The number of nitrogens with one attached hydrogen (secondary N) is 2. The zero-order valence-electron chi connectivity index (χ0n) is 10.5. The predicted octanol–water partition coefficient (Wildman–Crippen LogP) is 1.49. The Hall–Kier alpha value is -1.40. The Morgan fingerprint density at radius 2 is 2.05 bits per heavy atom. The van der Waals surface area contributed by atoms with Crippen molar-refractivity contribution in [2.24, 2.45) is 0 Å². The van der Waals surface area contributed by atoms with Gasteiger partial charge in [0.15, 0.2) is 11.6 Å². The zero-order chi connectivity index (χ0) is 13.4. The minimum absolute atomic E-state index is 0. The fraction of sp³-hybridized carbons (Fsp3) is 0.417. The van der Waals surface area contributed by atoms with E-state index in [1.807, 2.05) is 0 Å². The smallest absolute Gasteiger partial charge is 0.221 e. The topological polar surface area (TPSA) is 50.4 Å². The van der Waals surface area contributed by atoms with Crippen molar-refractivity contribution in [3.05, 3.63) is 29.8 Å². The van der Waals surface area contributed by atoms with Crippen LogP contribution in [-0.2, 0) is 4.79 Å². The summed E-state index contributed by atoms with van der Waals surface area (Å²) in [5.74, 6) is -1.54. The van der Waals surface area contributed by atoms with Crippen molar-refractivity contribution in [2.75, 3.05) is 26.7 Å². The van der Waals surface area contributed by atoms with Crippen LogP contribution < -0.4 is 15.4 Å². The molecule has 7 heteroatoms. The first-order chi connectivity index (χ1) is 8.63. The quantitative estimate of drug-likeness (QED) is 0.749. The van der Waals surface area contributed by atoms with E-state index in [-0.39, 0.29) is 37.2 Å². The number of ether oxygens (including phenoxy) is 1. The van der Waals surface area contributed by atoms with E-state index in [2.05, 4.69) is 10.6 Å². The monoisotopic (exact) mass is 294 g/mol. The Bertz CT molecular complexity index is 405. The lowest BCUT2D eigenvalue weighted by atomic mass is 10.3. The van der Waals surface area contributed by atoms with Gasteiger partial charge in [0.1, 0.15) is 12.4 Å². The number of carbonyl (C=O) groups is 1. The molecule has 0 spiro atoms. The van der Waals surface area contributed by atoms with E-state index in [0.717, 1.165) is 12.1 Å². The third-order valence-corrected chi connectivity index (χ3v) is 2.18. The van der Waals surface area contributed by atoms with Crippen molar-refractivity contribution >= 4 is 18.3 Å². The van der Waals surface area contributed by atoms with Gasteiger partial charge in [-0.3, -0.25) is 4.79 Å². The number of amides is 1. The van der Waals surface area contributed by atoms with Crippen LogP contribution in [0.2, 0.25) is 0 Å². The molecule has 0 radical (unpaired) electrons. The minimum atomic E-state index is -0.753. The Labute approximate surface area is 116 Å². The van der Waals surface area contributed by atoms with Crippen molar-refractivity contribution in [2.45, 2.75) is 6.42 Å². The van der Waals surface area contributed by atoms with Crippen molar-refractivity contribution in [3.8, 4) is 5.75 Å². The van der Waals surface area contributed by atoms with Gasteiger partial charge < -0.3 is 15.4 Å². The fourth-order valence-electron chi connectivity index (χ4n) is 1.27. The number of halogens is 3. The maximum Gasteiger partial charge on any atom is 0.221 e. The maximum atomic E-state index is 13.1. The third-order valence-electron chi connectivity index (χ3n) is 2.18. The first-order valence-electron chi connectivity index (χ1n) is 5.62. The molecule has 0 saturated carbocycles. The minimum Gasteiger partial charge on any atom is -0.489 e. The number of rotatable bonds is 7. The van der Waals surface area contributed by atoms with Crippen LogP contribution in [0.25, 0.3) is 0 Å². The lowest BCUT2D eigenvalue weighted by molar-refractivity contribution is -0.121. The first kappa shape index (κ1) is 17.6. The third kappa shape index (κ3) is 6.93. The highest BCUT2D eigenvalue weighted by Crippen LogP contribution is 2.17. The van der Waals surface area contributed by atoms with E-state index >= 15 is 0 Å². The second-order valence-corrected chi connectivity index (χ2v) is 3.63. The predicted molar refractivity (Wildman–Crippen MR) is 70.7 cm³/mol. The summed E-state index contributed by atoms with van der Waals surface area (Å²) in [5, 5.41) is 5.47. The van der Waals surface area contributed by atoms with Crippen LogP contribution >= 0.6 is 12.4 Å². The largest absolute Gasteiger partial charge is 0.489 e. The van der Waals surface area contributed by atoms with Crippen LogP contribution in [0, 0.1) is 11.6 Å². The first-order valence-corrected chi connectivity index (χ1v) is 5.62. The van der Waals surface area contributed by atoms with E-state index in [1.165, 1.54) is 6.07 Å². The van der Waals surface area contributed by atoms with Crippen LogP contribution in [0.5, 0.6) is 5.75 Å². The van der Waals surface area contributed by atoms with Crippen LogP contribution in [0.4, 0.5) is 8.78 Å². The fourth-order valence-corrected chi connectivity index (χ4v) is 1.27. The Balaban J connectivity index is 0.00000324. The molecule has 1 aromatic rings. The molecule has 4 nitrogen and oxygen atoms in total. The normalized spacial score (nSPS) is 9.63. The molecule has 0 atom stereocenters. The number of carbonyl (C=O) groups excluding carboxylic acids is 1. The summed E-state index contributed by atoms with van der Waals surface area (Å²) in [6.45, 7) is 1.01. The molecule has 0 aliphatic carbocycles. The van der Waals surface area contributed by atoms with Crippen molar-refractivity contribution in [1.29, 1.82) is 0 Å². The van der Waals surface area contributed by atoms with Gasteiger partial charge in [-0.25, -0.2) is 8.78 Å². The van der Waals surface area contributed by atoms with E-state index in [4.69, 9.17) is 4.74 Å². The van der Waals surface area contributed by atoms with Gasteiger partial charge in [-0.2, -0.15) is 0 Å². The summed E-state index contributed by atoms with van der Waals surface area (Å²) in [4.78, 5) is 11.2. The molecule has 0 fully saturated rings. The number of hydrogen-bond donors (Lipinski definition) is 2. The highest BCUT2D eigenvalue weighted by atomic mass is 35.5. The average molecular weight is 295 g/mol. The summed E-state index contributed by atoms with van der Waals surface area (Å²) in [6, 6.07) is 3.08. The van der Waals surface area contributed by atoms with Gasteiger partial charge in [0.2, 0.25) is 5.91 Å².